The van der Waals surface area contributed by atoms with E-state index in [4.69, 9.17) is 0 Å². The number of thioether (sulfide) groups is 1. The van der Waals surface area contributed by atoms with Crippen molar-refractivity contribution >= 4 is 34.4 Å². The maximum absolute atomic E-state index is 12.5. The maximum atomic E-state index is 12.5. The van der Waals surface area contributed by atoms with Crippen molar-refractivity contribution in [2.75, 3.05) is 11.1 Å². The molecule has 0 spiro atoms. The van der Waals surface area contributed by atoms with E-state index in [1.165, 1.54) is 11.8 Å². The first-order valence-electron chi connectivity index (χ1n) is 7.94. The van der Waals surface area contributed by atoms with Crippen molar-refractivity contribution in [3.05, 3.63) is 58.5 Å². The summed E-state index contributed by atoms with van der Waals surface area (Å²) in [5, 5.41) is 3.86. The second-order valence-electron chi connectivity index (χ2n) is 5.47. The average molecular weight is 354 g/mol. The molecule has 128 valence electrons. The van der Waals surface area contributed by atoms with Crippen molar-refractivity contribution in [2.45, 2.75) is 25.5 Å². The smallest absolute Gasteiger partial charge is 0.263 e. The zero-order chi connectivity index (χ0) is 17.8. The Morgan fingerprint density at radius 1 is 1.24 bits per heavy atom. The number of rotatable bonds is 5. The van der Waals surface area contributed by atoms with Crippen LogP contribution in [0.15, 0.2) is 52.5 Å². The predicted octanol–water partition coefficient (Wildman–Crippen LogP) is 2.85. The van der Waals surface area contributed by atoms with Gasteiger partial charge in [0, 0.05) is 18.4 Å². The second-order valence-corrected chi connectivity index (χ2v) is 6.41. The first kappa shape index (κ1) is 17.2. The van der Waals surface area contributed by atoms with Crippen molar-refractivity contribution in [3.63, 3.8) is 0 Å². The molecule has 0 fully saturated rings. The molecule has 1 aromatic carbocycles. The van der Waals surface area contributed by atoms with Gasteiger partial charge in [-0.2, -0.15) is 0 Å². The standard InChI is InChI=1S/C18H18N4O2S/c1-3-22-17(24)13-8-6-10-19-16(13)21-18(22)25-11-15(23)20-14-9-5-4-7-12(14)2/h4-10H,3,11H2,1-2H3,(H,20,23). The highest BCUT2D eigenvalue weighted by molar-refractivity contribution is 7.99. The molecule has 0 bridgehead atoms. The molecule has 3 rings (SSSR count). The van der Waals surface area contributed by atoms with E-state index in [0.29, 0.717) is 22.7 Å². The third-order valence-electron chi connectivity index (χ3n) is 3.76. The van der Waals surface area contributed by atoms with Crippen LogP contribution in [0.2, 0.25) is 0 Å². The van der Waals surface area contributed by atoms with Crippen molar-refractivity contribution in [2.24, 2.45) is 0 Å². The topological polar surface area (TPSA) is 76.9 Å². The number of amides is 1. The summed E-state index contributed by atoms with van der Waals surface area (Å²) >= 11 is 1.23. The van der Waals surface area contributed by atoms with Crippen LogP contribution in [0.25, 0.3) is 11.0 Å². The summed E-state index contributed by atoms with van der Waals surface area (Å²) in [5.41, 5.74) is 2.05. The summed E-state index contributed by atoms with van der Waals surface area (Å²) in [7, 11) is 0. The molecule has 3 aromatic rings. The Morgan fingerprint density at radius 3 is 2.80 bits per heavy atom. The van der Waals surface area contributed by atoms with Gasteiger partial charge in [-0.05, 0) is 37.6 Å². The van der Waals surface area contributed by atoms with Crippen molar-refractivity contribution < 1.29 is 4.79 Å². The number of hydrogen-bond donors (Lipinski definition) is 1. The van der Waals surface area contributed by atoms with Crippen molar-refractivity contribution in [1.29, 1.82) is 0 Å². The van der Waals surface area contributed by atoms with Gasteiger partial charge in [-0.1, -0.05) is 30.0 Å². The van der Waals surface area contributed by atoms with Crippen LogP contribution < -0.4 is 10.9 Å². The molecule has 0 aliphatic carbocycles. The number of anilines is 1. The fourth-order valence-electron chi connectivity index (χ4n) is 2.45. The minimum absolute atomic E-state index is 0.137. The molecule has 0 saturated heterocycles. The summed E-state index contributed by atoms with van der Waals surface area (Å²) in [5.74, 6) is 0.0244. The number of para-hydroxylation sites is 1. The van der Waals surface area contributed by atoms with E-state index < -0.39 is 0 Å². The van der Waals surface area contributed by atoms with Gasteiger partial charge in [0.1, 0.15) is 0 Å². The molecular weight excluding hydrogens is 336 g/mol. The van der Waals surface area contributed by atoms with E-state index in [1.807, 2.05) is 38.1 Å². The molecule has 25 heavy (non-hydrogen) atoms. The number of hydrogen-bond acceptors (Lipinski definition) is 5. The monoisotopic (exact) mass is 354 g/mol. The first-order valence-corrected chi connectivity index (χ1v) is 8.92. The van der Waals surface area contributed by atoms with E-state index in [0.717, 1.165) is 11.3 Å². The minimum Gasteiger partial charge on any atom is -0.325 e. The van der Waals surface area contributed by atoms with Crippen LogP contribution in [0, 0.1) is 6.92 Å². The molecule has 0 saturated carbocycles. The molecule has 1 amide bonds. The molecule has 7 heteroatoms. The SMILES string of the molecule is CCn1c(SCC(=O)Nc2ccccc2C)nc2ncccc2c1=O. The predicted molar refractivity (Wildman–Crippen MR) is 100 cm³/mol. The van der Waals surface area contributed by atoms with Crippen LogP contribution in [0.4, 0.5) is 5.69 Å². The van der Waals surface area contributed by atoms with Gasteiger partial charge in [0.05, 0.1) is 11.1 Å². The van der Waals surface area contributed by atoms with Crippen LogP contribution in [-0.4, -0.2) is 26.2 Å². The van der Waals surface area contributed by atoms with E-state index in [2.05, 4.69) is 15.3 Å². The molecular formula is C18H18N4O2S. The third-order valence-corrected chi connectivity index (χ3v) is 4.74. The third kappa shape index (κ3) is 3.71. The number of aryl methyl sites for hydroxylation is 1. The highest BCUT2D eigenvalue weighted by Crippen LogP contribution is 2.18. The lowest BCUT2D eigenvalue weighted by atomic mass is 10.2. The molecule has 0 aliphatic heterocycles. The maximum Gasteiger partial charge on any atom is 0.263 e. The summed E-state index contributed by atoms with van der Waals surface area (Å²) < 4.78 is 1.57. The van der Waals surface area contributed by atoms with Gasteiger partial charge >= 0.3 is 0 Å². The molecule has 1 N–H and O–H groups in total. The van der Waals surface area contributed by atoms with E-state index in [1.54, 1.807) is 22.9 Å². The van der Waals surface area contributed by atoms with Gasteiger partial charge in [0.15, 0.2) is 10.8 Å². The zero-order valence-electron chi connectivity index (χ0n) is 14.0. The van der Waals surface area contributed by atoms with Gasteiger partial charge < -0.3 is 5.32 Å². The lowest BCUT2D eigenvalue weighted by Gasteiger charge is -2.11. The van der Waals surface area contributed by atoms with Crippen LogP contribution in [0.5, 0.6) is 0 Å². The van der Waals surface area contributed by atoms with E-state index in [9.17, 15) is 9.59 Å². The molecule has 0 unspecified atom stereocenters. The van der Waals surface area contributed by atoms with E-state index in [-0.39, 0.29) is 17.2 Å². The fraction of sp³-hybridized carbons (Fsp3) is 0.222. The molecule has 0 radical (unpaired) electrons. The summed E-state index contributed by atoms with van der Waals surface area (Å²) in [4.78, 5) is 33.3. The normalized spacial score (nSPS) is 10.8. The molecule has 0 atom stereocenters. The molecule has 2 aromatic heterocycles. The van der Waals surface area contributed by atoms with Crippen LogP contribution >= 0.6 is 11.8 Å². The number of nitrogens with zero attached hydrogens (tertiary/aromatic N) is 3. The van der Waals surface area contributed by atoms with E-state index >= 15 is 0 Å². The summed E-state index contributed by atoms with van der Waals surface area (Å²) in [6, 6.07) is 11.0. The lowest BCUT2D eigenvalue weighted by Crippen LogP contribution is -2.23. The van der Waals surface area contributed by atoms with Crippen LogP contribution in [0.3, 0.4) is 0 Å². The van der Waals surface area contributed by atoms with Gasteiger partial charge in [-0.25, -0.2) is 9.97 Å². The largest absolute Gasteiger partial charge is 0.325 e. The average Bonchev–Trinajstić information content (AvgIpc) is 2.62. The fourth-order valence-corrected chi connectivity index (χ4v) is 3.31. The molecule has 6 nitrogen and oxygen atoms in total. The van der Waals surface area contributed by atoms with Crippen LogP contribution in [-0.2, 0) is 11.3 Å². The number of benzene rings is 1. The Labute approximate surface area is 149 Å². The Balaban J connectivity index is 1.80. The van der Waals surface area contributed by atoms with Gasteiger partial charge in [-0.15, -0.1) is 0 Å². The molecule has 0 aliphatic rings. The highest BCUT2D eigenvalue weighted by Gasteiger charge is 2.13. The number of carbonyl (C=O) groups is 1. The number of pyridine rings is 1. The lowest BCUT2D eigenvalue weighted by molar-refractivity contribution is -0.113. The van der Waals surface area contributed by atoms with Gasteiger partial charge in [0.2, 0.25) is 5.91 Å². The highest BCUT2D eigenvalue weighted by atomic mass is 32.2. The zero-order valence-corrected chi connectivity index (χ0v) is 14.8. The Bertz CT molecular complexity index is 984. The molecule has 2 heterocycles. The second kappa shape index (κ2) is 7.48. The van der Waals surface area contributed by atoms with Crippen molar-refractivity contribution in [1.82, 2.24) is 14.5 Å². The Morgan fingerprint density at radius 2 is 2.04 bits per heavy atom. The summed E-state index contributed by atoms with van der Waals surface area (Å²) in [6.45, 7) is 4.30. The Hall–Kier alpha value is -2.67. The number of nitrogens with one attached hydrogen (secondary N) is 1. The van der Waals surface area contributed by atoms with Crippen LogP contribution in [0.1, 0.15) is 12.5 Å². The minimum atomic E-state index is -0.141. The van der Waals surface area contributed by atoms with Gasteiger partial charge in [-0.3, -0.25) is 14.2 Å². The first-order chi connectivity index (χ1) is 12.1. The van der Waals surface area contributed by atoms with Gasteiger partial charge in [0.25, 0.3) is 5.56 Å². The Kier molecular flexibility index (Phi) is 5.14. The quantitative estimate of drug-likeness (QED) is 0.563. The summed E-state index contributed by atoms with van der Waals surface area (Å²) in [6.07, 6.45) is 1.60. The number of fused-ring (bicyclic) bond motifs is 1. The number of carbonyl (C=O) groups excluding carboxylic acids is 1. The number of aromatic nitrogens is 3. The van der Waals surface area contributed by atoms with Crippen molar-refractivity contribution in [3.8, 4) is 0 Å².